The molecule has 0 radical (unpaired) electrons. The molecule has 2 aliphatic heterocycles. The second kappa shape index (κ2) is 25.6. The normalized spacial score (nSPS) is 20.1. The molecule has 1 fully saturated rings. The molecule has 424 valence electrons. The van der Waals surface area contributed by atoms with Crippen molar-refractivity contribution in [2.45, 2.75) is 169 Å². The number of likely N-dealkylation sites (N-methyl/N-ethyl adjacent to an activating group) is 1. The van der Waals surface area contributed by atoms with Gasteiger partial charge in [-0.05, 0) is 135 Å². The van der Waals surface area contributed by atoms with E-state index in [2.05, 4.69) is 27.3 Å². The van der Waals surface area contributed by atoms with Gasteiger partial charge in [0.15, 0.2) is 0 Å². The molecule has 79 heavy (non-hydrogen) atoms. The van der Waals surface area contributed by atoms with Gasteiger partial charge >= 0.3 is 0 Å². The Morgan fingerprint density at radius 1 is 0.747 bits per heavy atom. The second-order valence-electron chi connectivity index (χ2n) is 24.6. The number of likely N-dealkylation sites (tertiary alicyclic amines) is 1. The number of rotatable bonds is 19. The minimum Gasteiger partial charge on any atom is -0.347 e. The molecular weight excluding hydrogens is 998 g/mol. The summed E-state index contributed by atoms with van der Waals surface area (Å²) in [5.41, 5.74) is 3.91. The van der Waals surface area contributed by atoms with Gasteiger partial charge in [-0.3, -0.25) is 33.6 Å². The number of amides is 6. The van der Waals surface area contributed by atoms with Crippen molar-refractivity contribution in [3.63, 3.8) is 0 Å². The Morgan fingerprint density at radius 3 is 2.03 bits per heavy atom. The van der Waals surface area contributed by atoms with Gasteiger partial charge in [-0.1, -0.05) is 122 Å². The molecule has 1 saturated heterocycles. The van der Waals surface area contributed by atoms with Crippen molar-refractivity contribution in [2.75, 3.05) is 20.1 Å². The third-order valence-electron chi connectivity index (χ3n) is 16.7. The van der Waals surface area contributed by atoms with Crippen molar-refractivity contribution in [1.29, 1.82) is 0 Å². The summed E-state index contributed by atoms with van der Waals surface area (Å²) in [6, 6.07) is 24.5. The van der Waals surface area contributed by atoms with Crippen LogP contribution in [0, 0.1) is 28.5 Å². The lowest BCUT2D eigenvalue weighted by atomic mass is 9.76. The van der Waals surface area contributed by atoms with E-state index in [9.17, 15) is 28.8 Å². The Hall–Kier alpha value is -6.74. The number of nitrogens with zero attached hydrogens (tertiary/aromatic N) is 3. The van der Waals surface area contributed by atoms with Gasteiger partial charge in [0, 0.05) is 61.1 Å². The molecule has 4 aromatic rings. The van der Waals surface area contributed by atoms with Crippen molar-refractivity contribution in [1.82, 2.24) is 36.0 Å². The van der Waals surface area contributed by atoms with Crippen molar-refractivity contribution < 1.29 is 38.0 Å². The van der Waals surface area contributed by atoms with Gasteiger partial charge in [-0.15, -0.1) is 0 Å². The molecule has 1 aliphatic carbocycles. The Balaban J connectivity index is 1.15. The van der Waals surface area contributed by atoms with Crippen LogP contribution < -0.4 is 21.3 Å². The van der Waals surface area contributed by atoms with Gasteiger partial charge in [0.1, 0.15) is 23.7 Å². The first-order valence-electron chi connectivity index (χ1n) is 28.4. The fourth-order valence-corrected chi connectivity index (χ4v) is 11.4. The van der Waals surface area contributed by atoms with E-state index >= 15 is 9.18 Å². The first-order valence-corrected chi connectivity index (χ1v) is 28.4. The summed E-state index contributed by atoms with van der Waals surface area (Å²) in [7, 11) is 1.70. The quantitative estimate of drug-likeness (QED) is 0.0722. The number of nitrogens with one attached hydrogen (secondary N) is 4. The van der Waals surface area contributed by atoms with Crippen molar-refractivity contribution in [2.24, 2.45) is 22.7 Å². The van der Waals surface area contributed by atoms with Gasteiger partial charge in [0.2, 0.25) is 23.6 Å². The van der Waals surface area contributed by atoms with Gasteiger partial charge in [-0.2, -0.15) is 0 Å². The van der Waals surface area contributed by atoms with Crippen molar-refractivity contribution in [3.8, 4) is 0 Å². The number of halogens is 1. The Morgan fingerprint density at radius 2 is 1.38 bits per heavy atom. The zero-order valence-corrected chi connectivity index (χ0v) is 48.3. The zero-order valence-electron chi connectivity index (χ0n) is 48.3. The van der Waals surface area contributed by atoms with Gasteiger partial charge < -0.3 is 36.0 Å². The molecule has 0 aromatic heterocycles. The summed E-state index contributed by atoms with van der Waals surface area (Å²) in [4.78, 5) is 105. The van der Waals surface area contributed by atoms with Crippen LogP contribution in [0.2, 0.25) is 0 Å². The van der Waals surface area contributed by atoms with Crippen LogP contribution in [-0.2, 0) is 49.8 Å². The molecule has 6 amide bonds. The number of carbonyl (C=O) groups is 7. The Bertz CT molecular complexity index is 2860. The van der Waals surface area contributed by atoms with Crippen LogP contribution in [0.4, 0.5) is 4.39 Å². The first kappa shape index (κ1) is 59.9. The lowest BCUT2D eigenvalue weighted by Crippen LogP contribution is -2.60. The van der Waals surface area contributed by atoms with Crippen LogP contribution in [-0.4, -0.2) is 112 Å². The monoisotopic (exact) mass is 1080 g/mol. The van der Waals surface area contributed by atoms with E-state index in [1.54, 1.807) is 71.1 Å². The number of hydrogen-bond donors (Lipinski definition) is 4. The molecule has 4 aromatic carbocycles. The van der Waals surface area contributed by atoms with Crippen LogP contribution in [0.3, 0.4) is 0 Å². The van der Waals surface area contributed by atoms with E-state index in [4.69, 9.17) is 0 Å². The Labute approximate surface area is 467 Å². The first-order chi connectivity index (χ1) is 37.4. The van der Waals surface area contributed by atoms with Crippen LogP contribution in [0.1, 0.15) is 156 Å². The predicted octanol–water partition coefficient (Wildman–Crippen LogP) is 8.55. The van der Waals surface area contributed by atoms with E-state index < -0.39 is 64.7 Å². The highest BCUT2D eigenvalue weighted by atomic mass is 19.1. The molecule has 0 unspecified atom stereocenters. The van der Waals surface area contributed by atoms with Crippen LogP contribution in [0.15, 0.2) is 97.1 Å². The summed E-state index contributed by atoms with van der Waals surface area (Å²) < 4.78 is 15.3. The highest BCUT2D eigenvalue weighted by Crippen LogP contribution is 2.36. The van der Waals surface area contributed by atoms with E-state index in [1.807, 2.05) is 105 Å². The van der Waals surface area contributed by atoms with E-state index in [0.29, 0.717) is 18.4 Å². The molecule has 15 heteroatoms. The summed E-state index contributed by atoms with van der Waals surface area (Å²) >= 11 is 0. The summed E-state index contributed by atoms with van der Waals surface area (Å²) in [6.45, 7) is 19.3. The molecule has 2 heterocycles. The molecule has 0 spiro atoms. The number of hydrogen-bond acceptors (Lipinski definition) is 8. The maximum atomic E-state index is 15.3. The SMILES string of the molecule is CC[C@@H](C)C(=O)N[C@H](C(=O)N1Cc2ccccc2C[C@H]1CN(C(=O)c1ccc(C(=O)N[C@H]2C[C@@H](C(=O)N[C@@H]3CCCc4ccccc43)N(C(=O)[C@@H](CC(=O)[C@@H](C)NC)C(C)(C)C)C2)cc1)[C@H](C)Cc1ccccc1F)C(C)(C)C. The van der Waals surface area contributed by atoms with Crippen LogP contribution >= 0.6 is 0 Å². The minimum atomic E-state index is -0.919. The predicted molar refractivity (Wildman–Crippen MR) is 305 cm³/mol. The summed E-state index contributed by atoms with van der Waals surface area (Å²) in [5, 5.41) is 12.4. The third-order valence-corrected chi connectivity index (χ3v) is 16.7. The second-order valence-corrected chi connectivity index (χ2v) is 24.6. The topological polar surface area (TPSA) is 177 Å². The van der Waals surface area contributed by atoms with Crippen LogP contribution in [0.5, 0.6) is 0 Å². The van der Waals surface area contributed by atoms with Gasteiger partial charge in [0.25, 0.3) is 11.8 Å². The number of Topliss-reactive ketones (excluding diaryl/α,β-unsaturated/α-hetero) is 1. The fraction of sp³-hybridized carbons (Fsp3) is 0.516. The third kappa shape index (κ3) is 14.4. The highest BCUT2D eigenvalue weighted by Gasteiger charge is 2.47. The smallest absolute Gasteiger partial charge is 0.254 e. The van der Waals surface area contributed by atoms with Gasteiger partial charge in [0.05, 0.1) is 18.1 Å². The average molecular weight is 1080 g/mol. The molecule has 14 nitrogen and oxygen atoms in total. The van der Waals surface area contributed by atoms with Crippen molar-refractivity contribution >= 4 is 41.2 Å². The molecule has 9 atom stereocenters. The van der Waals surface area contributed by atoms with Gasteiger partial charge in [-0.25, -0.2) is 4.39 Å². The number of carbonyl (C=O) groups excluding carboxylic acids is 7. The minimum absolute atomic E-state index is 0.0204. The molecule has 0 saturated carbocycles. The van der Waals surface area contributed by atoms with E-state index in [-0.39, 0.29) is 97.3 Å². The molecule has 4 N–H and O–H groups in total. The maximum absolute atomic E-state index is 15.3. The molecule has 7 rings (SSSR count). The lowest BCUT2D eigenvalue weighted by Gasteiger charge is -2.44. The van der Waals surface area contributed by atoms with Crippen LogP contribution in [0.25, 0.3) is 0 Å². The zero-order chi connectivity index (χ0) is 57.5. The maximum Gasteiger partial charge on any atom is 0.254 e. The van der Waals surface area contributed by atoms with Crippen molar-refractivity contribution in [3.05, 3.63) is 142 Å². The largest absolute Gasteiger partial charge is 0.347 e. The lowest BCUT2D eigenvalue weighted by molar-refractivity contribution is -0.146. The number of ketones is 1. The number of aryl methyl sites for hydroxylation is 1. The highest BCUT2D eigenvalue weighted by molar-refractivity contribution is 5.99. The van der Waals surface area contributed by atoms with E-state index in [0.717, 1.165) is 36.0 Å². The Kier molecular flexibility index (Phi) is 19.4. The molecule has 3 aliphatic rings. The average Bonchev–Trinajstić information content (AvgIpc) is 3.97. The number of benzene rings is 4. The van der Waals surface area contributed by atoms with E-state index in [1.165, 1.54) is 11.6 Å². The summed E-state index contributed by atoms with van der Waals surface area (Å²) in [6.07, 6.45) is 3.90. The number of fused-ring (bicyclic) bond motifs is 2. The molecule has 0 bridgehead atoms. The fourth-order valence-electron chi connectivity index (χ4n) is 11.4. The molecular formula is C64H84FN7O7. The standard InChI is InChI=1S/C64H84FN7O7/c1-12-39(2)57(74)69-56(64(8,9)10)62(79)71-36-47-23-14-13-21-45(47)33-49(71)38-70(40(3)32-46-22-16-18-26-52(46)65)60(77)44-30-28-43(29-31-44)58(75)67-48-34-54(59(76)68-53-27-19-24-42-20-15-17-25-50(42)53)72(37-48)61(78)51(63(5,6)7)35-55(73)41(4)66-11/h13-18,20-23,25-26,28-31,39-41,48-49,51,53-54,56,66H,12,19,24,27,32-38H2,1-11H3,(H,67,75)(H,68,76)(H,69,74)/t39-,40-,41-,48+,49+,51-,53-,54+,56-/m1/s1. The summed E-state index contributed by atoms with van der Waals surface area (Å²) in [5.74, 6) is -3.51.